The van der Waals surface area contributed by atoms with E-state index in [-0.39, 0.29) is 17.6 Å². The van der Waals surface area contributed by atoms with Gasteiger partial charge in [-0.1, -0.05) is 0 Å². The Bertz CT molecular complexity index is 808. The molecule has 0 fully saturated rings. The highest BCUT2D eigenvalue weighted by atomic mass is 19.1. The van der Waals surface area contributed by atoms with Gasteiger partial charge in [0.05, 0.1) is 5.69 Å². The Morgan fingerprint density at radius 1 is 1.20 bits per heavy atom. The first-order valence-electron chi connectivity index (χ1n) is 7.87. The van der Waals surface area contributed by atoms with E-state index in [1.165, 1.54) is 24.3 Å². The topological polar surface area (TPSA) is 79.5 Å². The second-order valence-electron chi connectivity index (χ2n) is 5.82. The van der Waals surface area contributed by atoms with Crippen LogP contribution in [0.15, 0.2) is 42.5 Å². The number of amides is 2. The first-order chi connectivity index (χ1) is 11.9. The summed E-state index contributed by atoms with van der Waals surface area (Å²) in [6.07, 6.45) is -0.535. The molecule has 1 aliphatic rings. The van der Waals surface area contributed by atoms with Crippen LogP contribution in [0.25, 0.3) is 0 Å². The molecule has 1 heterocycles. The summed E-state index contributed by atoms with van der Waals surface area (Å²) in [7, 11) is 0. The zero-order chi connectivity index (χ0) is 18.0. The maximum absolute atomic E-state index is 12.9. The van der Waals surface area contributed by atoms with Gasteiger partial charge in [-0.25, -0.2) is 4.39 Å². The highest BCUT2D eigenvalue weighted by Gasteiger charge is 2.24. The van der Waals surface area contributed by atoms with Crippen LogP contribution in [0.5, 0.6) is 5.75 Å². The van der Waals surface area contributed by atoms with Gasteiger partial charge < -0.3 is 20.7 Å². The summed E-state index contributed by atoms with van der Waals surface area (Å²) < 4.78 is 18.4. The van der Waals surface area contributed by atoms with Crippen molar-refractivity contribution >= 4 is 28.9 Å². The number of carbonyl (C=O) groups is 2. The molecule has 0 saturated carbocycles. The molecule has 2 atom stereocenters. The zero-order valence-electron chi connectivity index (χ0n) is 13.8. The molecule has 0 spiro atoms. The molecule has 2 aromatic carbocycles. The Labute approximate surface area is 144 Å². The third-order valence-electron chi connectivity index (χ3n) is 3.80. The SMILES string of the molecule is C[C@H](Nc1ccc2c(c1)NC(=O)[C@@H](C)O2)C(=O)Nc1ccc(F)cc1. The van der Waals surface area contributed by atoms with Gasteiger partial charge in [0.2, 0.25) is 5.91 Å². The number of rotatable bonds is 4. The molecule has 25 heavy (non-hydrogen) atoms. The van der Waals surface area contributed by atoms with E-state index in [0.29, 0.717) is 22.8 Å². The van der Waals surface area contributed by atoms with Gasteiger partial charge in [-0.2, -0.15) is 0 Å². The van der Waals surface area contributed by atoms with E-state index in [2.05, 4.69) is 16.0 Å². The van der Waals surface area contributed by atoms with E-state index in [9.17, 15) is 14.0 Å². The molecule has 0 saturated heterocycles. The van der Waals surface area contributed by atoms with Crippen molar-refractivity contribution in [3.8, 4) is 5.75 Å². The summed E-state index contributed by atoms with van der Waals surface area (Å²) in [6, 6.07) is 10.2. The van der Waals surface area contributed by atoms with E-state index in [1.807, 2.05) is 0 Å². The minimum Gasteiger partial charge on any atom is -0.479 e. The molecule has 6 nitrogen and oxygen atoms in total. The predicted octanol–water partition coefficient (Wildman–Crippen LogP) is 2.98. The Morgan fingerprint density at radius 2 is 1.88 bits per heavy atom. The fraction of sp³-hybridized carbons (Fsp3) is 0.222. The number of hydrogen-bond acceptors (Lipinski definition) is 4. The monoisotopic (exact) mass is 343 g/mol. The first kappa shape index (κ1) is 16.8. The summed E-state index contributed by atoms with van der Waals surface area (Å²) in [5.41, 5.74) is 1.73. The summed E-state index contributed by atoms with van der Waals surface area (Å²) in [5, 5.41) is 8.52. The van der Waals surface area contributed by atoms with Gasteiger partial charge in [0.1, 0.15) is 17.6 Å². The maximum atomic E-state index is 12.9. The number of anilines is 3. The van der Waals surface area contributed by atoms with Crippen LogP contribution in [0.1, 0.15) is 13.8 Å². The van der Waals surface area contributed by atoms with Crippen LogP contribution < -0.4 is 20.7 Å². The van der Waals surface area contributed by atoms with Crippen LogP contribution >= 0.6 is 0 Å². The van der Waals surface area contributed by atoms with Crippen molar-refractivity contribution in [1.29, 1.82) is 0 Å². The summed E-state index contributed by atoms with van der Waals surface area (Å²) in [6.45, 7) is 3.38. The zero-order valence-corrected chi connectivity index (χ0v) is 13.8. The molecule has 2 amide bonds. The molecule has 3 rings (SSSR count). The van der Waals surface area contributed by atoms with Crippen LogP contribution in [0, 0.1) is 5.82 Å². The Hall–Kier alpha value is -3.09. The molecular weight excluding hydrogens is 325 g/mol. The number of halogens is 1. The molecule has 130 valence electrons. The van der Waals surface area contributed by atoms with Gasteiger partial charge in [0, 0.05) is 11.4 Å². The highest BCUT2D eigenvalue weighted by molar-refractivity contribution is 5.99. The molecule has 7 heteroatoms. The minimum absolute atomic E-state index is 0.216. The fourth-order valence-electron chi connectivity index (χ4n) is 2.40. The lowest BCUT2D eigenvalue weighted by Gasteiger charge is -2.24. The van der Waals surface area contributed by atoms with Crippen molar-refractivity contribution in [2.24, 2.45) is 0 Å². The largest absolute Gasteiger partial charge is 0.479 e. The molecular formula is C18H18FN3O3. The molecule has 0 aliphatic carbocycles. The summed E-state index contributed by atoms with van der Waals surface area (Å²) in [5.74, 6) is -0.261. The summed E-state index contributed by atoms with van der Waals surface area (Å²) >= 11 is 0. The minimum atomic E-state index is -0.540. The molecule has 2 aromatic rings. The predicted molar refractivity (Wildman–Crippen MR) is 93.3 cm³/mol. The third kappa shape index (κ3) is 3.88. The molecule has 1 aliphatic heterocycles. The quantitative estimate of drug-likeness (QED) is 0.797. The lowest BCUT2D eigenvalue weighted by atomic mass is 10.2. The Kier molecular flexibility index (Phi) is 4.56. The van der Waals surface area contributed by atoms with Gasteiger partial charge in [-0.05, 0) is 56.3 Å². The fourth-order valence-corrected chi connectivity index (χ4v) is 2.40. The van der Waals surface area contributed by atoms with Gasteiger partial charge in [0.15, 0.2) is 6.10 Å². The van der Waals surface area contributed by atoms with E-state index in [1.54, 1.807) is 32.0 Å². The third-order valence-corrected chi connectivity index (χ3v) is 3.80. The van der Waals surface area contributed by atoms with Crippen molar-refractivity contribution in [2.75, 3.05) is 16.0 Å². The second-order valence-corrected chi connectivity index (χ2v) is 5.82. The number of benzene rings is 2. The van der Waals surface area contributed by atoms with E-state index >= 15 is 0 Å². The number of ether oxygens (including phenoxy) is 1. The van der Waals surface area contributed by atoms with Gasteiger partial charge in [-0.3, -0.25) is 9.59 Å². The van der Waals surface area contributed by atoms with Crippen LogP contribution in [0.2, 0.25) is 0 Å². The number of hydrogen-bond donors (Lipinski definition) is 3. The molecule has 0 radical (unpaired) electrons. The van der Waals surface area contributed by atoms with Crippen molar-refractivity contribution in [3.05, 3.63) is 48.3 Å². The standard InChI is InChI=1S/C18H18FN3O3/c1-10(17(23)21-13-5-3-12(19)4-6-13)20-14-7-8-16-15(9-14)22-18(24)11(2)25-16/h3-11,20H,1-2H3,(H,21,23)(H,22,24)/t10-,11+/m0/s1. The molecule has 0 aromatic heterocycles. The normalized spacial score (nSPS) is 16.9. The van der Waals surface area contributed by atoms with Crippen molar-refractivity contribution in [3.63, 3.8) is 0 Å². The van der Waals surface area contributed by atoms with Crippen molar-refractivity contribution < 1.29 is 18.7 Å². The maximum Gasteiger partial charge on any atom is 0.265 e. The molecule has 3 N–H and O–H groups in total. The van der Waals surface area contributed by atoms with Crippen molar-refractivity contribution in [2.45, 2.75) is 26.0 Å². The summed E-state index contributed by atoms with van der Waals surface area (Å²) in [4.78, 5) is 23.9. The number of fused-ring (bicyclic) bond motifs is 1. The van der Waals surface area contributed by atoms with Crippen LogP contribution in [0.4, 0.5) is 21.5 Å². The van der Waals surface area contributed by atoms with Crippen LogP contribution in [0.3, 0.4) is 0 Å². The van der Waals surface area contributed by atoms with E-state index < -0.39 is 12.1 Å². The Morgan fingerprint density at radius 3 is 2.60 bits per heavy atom. The average Bonchev–Trinajstić information content (AvgIpc) is 2.58. The van der Waals surface area contributed by atoms with Crippen LogP contribution in [-0.2, 0) is 9.59 Å². The average molecular weight is 343 g/mol. The van der Waals surface area contributed by atoms with Crippen LogP contribution in [-0.4, -0.2) is 24.0 Å². The molecule has 0 unspecified atom stereocenters. The van der Waals surface area contributed by atoms with Gasteiger partial charge >= 0.3 is 0 Å². The molecule has 0 bridgehead atoms. The lowest BCUT2D eigenvalue weighted by molar-refractivity contribution is -0.122. The second kappa shape index (κ2) is 6.80. The number of nitrogens with one attached hydrogen (secondary N) is 3. The smallest absolute Gasteiger partial charge is 0.265 e. The van der Waals surface area contributed by atoms with E-state index in [4.69, 9.17) is 4.74 Å². The van der Waals surface area contributed by atoms with E-state index in [0.717, 1.165) is 0 Å². The number of carbonyl (C=O) groups excluding carboxylic acids is 2. The highest BCUT2D eigenvalue weighted by Crippen LogP contribution is 2.32. The van der Waals surface area contributed by atoms with Gasteiger partial charge in [-0.15, -0.1) is 0 Å². The van der Waals surface area contributed by atoms with Crippen molar-refractivity contribution in [1.82, 2.24) is 0 Å². The first-order valence-corrected chi connectivity index (χ1v) is 7.87. The Balaban J connectivity index is 1.65. The van der Waals surface area contributed by atoms with Gasteiger partial charge in [0.25, 0.3) is 5.91 Å². The lowest BCUT2D eigenvalue weighted by Crippen LogP contribution is -2.34.